The van der Waals surface area contributed by atoms with Crippen LogP contribution in [0.15, 0.2) is 262 Å². The van der Waals surface area contributed by atoms with Crippen LogP contribution in [0.2, 0.25) is 0 Å². The molecule has 41 nitrogen and oxygen atoms in total. The standard InChI is InChI=1S/C24H25N9O.C22H23N7O.C20H17F2N7O.C20H19N7O.C20H23N5O2/c25-23-29-12-17(13-30-23)16-2-4-18(5-3-16)24(6-1-7-24)22-31-21(34-32-22)19-14-28-20(15-27-19)33-10-8-26-9-11-33;1-21(2)12-22(13-21,19-27-18(30-28-19)16-10-26-29(3)11-16)17-6-4-14(5-7-17)15-8-24-20(23)25-9-15;1-29-9-14(8-26-29)16-27-17(28-30-16)19(10-20(21,22)11-19)15-4-2-12(3-5-15)13-6-24-18(23)25-7-13;21-19-23-10-15(11-24-19)14-2-4-16(5-3-14)20(6-1-7-20)18-25-17(28-26-18)12-27-9-8-22-13-27;1-19(2,26)10-16-24-17(25-27-16)20(8-3-9-20)15-6-4-13(5-7-15)14-11-22-18(21)23-12-14/h2-5,12-15,26H,1,6-11H2,(H2,25,29,30);4-11H,12-13H2,1-3H3,(H2,23,24,25);2-9H,10-11H2,1H3,(H2,23,24,25);2-5,8-11,13H,1,6-7,12H2,(H2,21,23,24);4-7,11-12,26H,3,8-10H2,1-2H3,(H2,21,22,23). The Bertz CT molecular complexity index is 7560. The molecule has 19 aromatic rings. The number of nitrogens with zero attached hydrogens (tertiary/aromatic N) is 29. The number of aryl methyl sites for hydroxylation is 2. The molecule has 0 radical (unpaired) electrons. The summed E-state index contributed by atoms with van der Waals surface area (Å²) in [5.74, 6) is 4.71. The Morgan fingerprint density at radius 3 is 1.01 bits per heavy atom. The molecule has 756 valence electrons. The Balaban J connectivity index is 0.000000109. The second-order valence-corrected chi connectivity index (χ2v) is 40.1. The normalized spacial score (nSPS) is 16.6. The number of nitrogen functional groups attached to an aromatic ring is 5. The van der Waals surface area contributed by atoms with Crippen LogP contribution in [0.4, 0.5) is 44.3 Å². The Hall–Kier alpha value is -17.5. The highest BCUT2D eigenvalue weighted by atomic mass is 19.3. The van der Waals surface area contributed by atoms with Gasteiger partial charge >= 0.3 is 0 Å². The van der Waals surface area contributed by atoms with Crippen LogP contribution in [-0.4, -0.2) is 182 Å². The molecule has 43 heteroatoms. The smallest absolute Gasteiger partial charge is 0.278 e. The zero-order valence-electron chi connectivity index (χ0n) is 82.6. The number of nitrogens with two attached hydrogens (primary N) is 5. The van der Waals surface area contributed by atoms with Crippen LogP contribution in [0, 0.1) is 5.41 Å². The molecule has 0 spiro atoms. The van der Waals surface area contributed by atoms with Crippen molar-refractivity contribution in [2.24, 2.45) is 19.5 Å². The third kappa shape index (κ3) is 20.6. The number of rotatable bonds is 23. The lowest BCUT2D eigenvalue weighted by Crippen LogP contribution is -2.50. The molecule has 0 unspecified atom stereocenters. The third-order valence-corrected chi connectivity index (χ3v) is 28.5. The molecule has 0 atom stereocenters. The molecule has 0 amide bonds. The summed E-state index contributed by atoms with van der Waals surface area (Å²) < 4.78 is 60.7. The number of benzene rings is 5. The van der Waals surface area contributed by atoms with Crippen LogP contribution in [0.5, 0.6) is 0 Å². The molecule has 5 saturated carbocycles. The fourth-order valence-electron chi connectivity index (χ4n) is 20.3. The highest BCUT2D eigenvalue weighted by molar-refractivity contribution is 5.68. The molecule has 5 aromatic carbocycles. The highest BCUT2D eigenvalue weighted by Crippen LogP contribution is 2.60. The quantitative estimate of drug-likeness (QED) is 0.0313. The second-order valence-electron chi connectivity index (χ2n) is 40.1. The molecule has 6 aliphatic rings. The van der Waals surface area contributed by atoms with Gasteiger partial charge in [-0.25, -0.2) is 73.6 Å². The van der Waals surface area contributed by atoms with Crippen molar-refractivity contribution in [1.82, 2.24) is 145 Å². The average molecular weight is 2010 g/mol. The minimum absolute atomic E-state index is 0.174. The van der Waals surface area contributed by atoms with E-state index in [1.165, 1.54) is 22.3 Å². The van der Waals surface area contributed by atoms with E-state index >= 15 is 0 Å². The van der Waals surface area contributed by atoms with Crippen molar-refractivity contribution >= 4 is 35.6 Å². The summed E-state index contributed by atoms with van der Waals surface area (Å²) in [6.07, 6.45) is 43.7. The van der Waals surface area contributed by atoms with Gasteiger partial charge in [0.2, 0.25) is 41.5 Å². The summed E-state index contributed by atoms with van der Waals surface area (Å²) in [4.78, 5) is 79.1. The fraction of sp³-hybridized carbons (Fsp3) is 0.311. The van der Waals surface area contributed by atoms with Crippen LogP contribution in [-0.2, 0) is 54.1 Å². The summed E-state index contributed by atoms with van der Waals surface area (Å²) >= 11 is 0. The lowest BCUT2D eigenvalue weighted by atomic mass is 9.51. The molecule has 1 aliphatic heterocycles. The lowest BCUT2D eigenvalue weighted by molar-refractivity contribution is -0.116. The van der Waals surface area contributed by atoms with Crippen molar-refractivity contribution in [3.63, 3.8) is 0 Å². The van der Waals surface area contributed by atoms with Crippen LogP contribution in [0.3, 0.4) is 0 Å². The molecule has 5 aliphatic carbocycles. The summed E-state index contributed by atoms with van der Waals surface area (Å²) in [5, 5.41) is 42.9. The SMILES string of the molecule is CC(C)(O)Cc1nc(C2(c3ccc(-c4cnc(N)nc4)cc3)CCC2)no1.Cn1cc(-c2nc(C3(c4ccc(-c5cnc(N)nc5)cc4)CC(C)(C)C3)no2)cn1.Cn1cc(-c2nc(C3(c4ccc(-c5cnc(N)nc5)cc4)CC(F)(F)C3)no2)cn1.Nc1ncc(-c2ccc(C3(c4noc(-c5cnc(N6CCNCC6)cn5)n4)CCC3)cc2)cn1.Nc1ncc(-c2ccc(C3(c4noc(Cn5ccnc5)n4)CCC3)cc2)cn1. The second kappa shape index (κ2) is 40.1. The number of hydrogen-bond acceptors (Lipinski definition) is 38. The number of halogens is 2. The molecule has 15 heterocycles. The van der Waals surface area contributed by atoms with Gasteiger partial charge in [0.15, 0.2) is 29.1 Å². The summed E-state index contributed by atoms with van der Waals surface area (Å²) in [6, 6.07) is 40.9. The molecule has 6 fully saturated rings. The average Bonchev–Trinajstić information content (AvgIpc) is 1.70. The Kier molecular flexibility index (Phi) is 26.3. The summed E-state index contributed by atoms with van der Waals surface area (Å²) in [5.41, 5.74) is 42.3. The molecular formula is C106H107F2N35O6. The Labute approximate surface area is 852 Å². The number of nitrogens with one attached hydrogen (secondary N) is 1. The number of imidazole rings is 1. The first-order valence-corrected chi connectivity index (χ1v) is 48.9. The van der Waals surface area contributed by atoms with E-state index in [1.54, 1.807) is 148 Å². The predicted molar refractivity (Wildman–Crippen MR) is 545 cm³/mol. The first kappa shape index (κ1) is 97.6. The van der Waals surface area contributed by atoms with Crippen molar-refractivity contribution in [1.29, 1.82) is 0 Å². The zero-order chi connectivity index (χ0) is 103. The van der Waals surface area contributed by atoms with E-state index in [0.717, 1.165) is 175 Å². The monoisotopic (exact) mass is 2000 g/mol. The van der Waals surface area contributed by atoms with Gasteiger partial charge in [0, 0.05) is 168 Å². The van der Waals surface area contributed by atoms with Crippen molar-refractivity contribution in [2.75, 3.05) is 59.7 Å². The van der Waals surface area contributed by atoms with E-state index in [-0.39, 0.29) is 81.4 Å². The lowest BCUT2D eigenvalue weighted by Gasteiger charge is -2.51. The van der Waals surface area contributed by atoms with E-state index in [9.17, 15) is 13.9 Å². The maximum absolute atomic E-state index is 14.0. The Morgan fingerprint density at radius 1 is 0.369 bits per heavy atom. The number of aliphatic hydroxyl groups is 1. The van der Waals surface area contributed by atoms with E-state index in [2.05, 4.69) is 237 Å². The molecule has 1 saturated heterocycles. The van der Waals surface area contributed by atoms with Gasteiger partial charge in [0.05, 0.1) is 81.3 Å². The van der Waals surface area contributed by atoms with Gasteiger partial charge in [-0.2, -0.15) is 35.1 Å². The van der Waals surface area contributed by atoms with Crippen LogP contribution in [0.1, 0.15) is 180 Å². The van der Waals surface area contributed by atoms with Crippen LogP contribution in [0.25, 0.3) is 90.1 Å². The molecule has 0 bridgehead atoms. The van der Waals surface area contributed by atoms with Gasteiger partial charge < -0.3 is 71.2 Å². The number of alkyl halides is 2. The maximum atomic E-state index is 14.0. The first-order valence-electron chi connectivity index (χ1n) is 48.9. The van der Waals surface area contributed by atoms with Crippen molar-refractivity contribution in [3.05, 3.63) is 308 Å². The highest BCUT2D eigenvalue weighted by Gasteiger charge is 2.61. The molecule has 25 rings (SSSR count). The van der Waals surface area contributed by atoms with Crippen molar-refractivity contribution in [2.45, 2.75) is 163 Å². The van der Waals surface area contributed by atoms with Gasteiger partial charge in [-0.15, -0.1) is 0 Å². The topological polar surface area (TPSA) is 568 Å². The predicted octanol–water partition coefficient (Wildman–Crippen LogP) is 15.0. The number of hydrogen-bond donors (Lipinski definition) is 7. The minimum atomic E-state index is -2.78. The largest absolute Gasteiger partial charge is 0.390 e. The van der Waals surface area contributed by atoms with Gasteiger partial charge in [-0.3, -0.25) is 9.36 Å². The van der Waals surface area contributed by atoms with Gasteiger partial charge in [-0.05, 0) is 126 Å². The molecular weight excluding hydrogens is 1900 g/mol. The van der Waals surface area contributed by atoms with Crippen molar-refractivity contribution < 1.29 is 36.5 Å². The van der Waals surface area contributed by atoms with Gasteiger partial charge in [0.1, 0.15) is 18.1 Å². The molecule has 149 heavy (non-hydrogen) atoms. The van der Waals surface area contributed by atoms with Crippen LogP contribution < -0.4 is 38.9 Å². The van der Waals surface area contributed by atoms with E-state index in [0.29, 0.717) is 65.0 Å². The van der Waals surface area contributed by atoms with E-state index in [4.69, 9.17) is 61.3 Å². The first-order chi connectivity index (χ1) is 72.0. The molecule has 14 aromatic heterocycles. The zero-order valence-corrected chi connectivity index (χ0v) is 82.6. The summed E-state index contributed by atoms with van der Waals surface area (Å²) in [6.45, 7) is 12.3. The summed E-state index contributed by atoms with van der Waals surface area (Å²) in [7, 11) is 3.63. The van der Waals surface area contributed by atoms with Gasteiger partial charge in [0.25, 0.3) is 23.6 Å². The Morgan fingerprint density at radius 2 is 0.698 bits per heavy atom. The fourth-order valence-corrected chi connectivity index (χ4v) is 20.3. The van der Waals surface area contributed by atoms with Crippen molar-refractivity contribution in [3.8, 4) is 90.1 Å². The van der Waals surface area contributed by atoms with Crippen LogP contribution >= 0.6 is 0 Å². The molecule has 12 N–H and O–H groups in total. The van der Waals surface area contributed by atoms with Gasteiger partial charge in [-0.1, -0.05) is 180 Å². The third-order valence-electron chi connectivity index (χ3n) is 28.5. The number of anilines is 6. The number of piperazine rings is 1. The van der Waals surface area contributed by atoms with E-state index < -0.39 is 16.9 Å². The van der Waals surface area contributed by atoms with E-state index in [1.807, 2.05) is 36.1 Å². The number of aromatic nitrogens is 28. The minimum Gasteiger partial charge on any atom is -0.390 e. The maximum Gasteiger partial charge on any atom is 0.278 e.